The number of hydrogen-bond donors (Lipinski definition) is 1. The topological polar surface area (TPSA) is 54.2 Å². The van der Waals surface area contributed by atoms with E-state index < -0.39 is 0 Å². The summed E-state index contributed by atoms with van der Waals surface area (Å²) >= 11 is 3.54. The maximum Gasteiger partial charge on any atom is 0.148 e. The van der Waals surface area contributed by atoms with Crippen molar-refractivity contribution in [2.75, 3.05) is 23.8 Å². The van der Waals surface area contributed by atoms with Gasteiger partial charge in [-0.15, -0.1) is 0 Å². The number of nitrogens with one attached hydrogen (secondary N) is 1. The molecule has 0 unspecified atom stereocenters. The van der Waals surface area contributed by atoms with Gasteiger partial charge in [0, 0.05) is 13.6 Å². The van der Waals surface area contributed by atoms with Gasteiger partial charge in [0.15, 0.2) is 0 Å². The molecule has 0 amide bonds. The molecular formula is C13H17BrN4O. The van der Waals surface area contributed by atoms with Crippen LogP contribution in [0.25, 0.3) is 0 Å². The third-order valence-electron chi connectivity index (χ3n) is 2.67. The first-order valence-electron chi connectivity index (χ1n) is 6.12. The lowest BCUT2D eigenvalue weighted by Gasteiger charge is -2.19. The largest absolute Gasteiger partial charge is 0.464 e. The van der Waals surface area contributed by atoms with Gasteiger partial charge < -0.3 is 14.6 Å². The molecule has 102 valence electrons. The standard InChI is InChI=1S/C13H17BrN4O/c1-4-15-12-11(14)13(17-8-16-12)18(3)7-10-6-5-9(2)19-10/h5-6,8H,4,7H2,1-3H3,(H,15,16,17). The summed E-state index contributed by atoms with van der Waals surface area (Å²) in [6.07, 6.45) is 1.56. The minimum atomic E-state index is 0.662. The van der Waals surface area contributed by atoms with E-state index >= 15 is 0 Å². The highest BCUT2D eigenvalue weighted by molar-refractivity contribution is 9.10. The lowest BCUT2D eigenvalue weighted by atomic mass is 10.4. The summed E-state index contributed by atoms with van der Waals surface area (Å²) in [5.74, 6) is 3.46. The monoisotopic (exact) mass is 324 g/mol. The lowest BCUT2D eigenvalue weighted by molar-refractivity contribution is 0.481. The molecule has 0 aromatic carbocycles. The van der Waals surface area contributed by atoms with Gasteiger partial charge in [-0.1, -0.05) is 0 Å². The van der Waals surface area contributed by atoms with Crippen molar-refractivity contribution in [3.63, 3.8) is 0 Å². The fourth-order valence-electron chi connectivity index (χ4n) is 1.80. The van der Waals surface area contributed by atoms with Gasteiger partial charge in [0.05, 0.1) is 6.54 Å². The first-order valence-corrected chi connectivity index (χ1v) is 6.92. The molecule has 0 aliphatic carbocycles. The van der Waals surface area contributed by atoms with E-state index in [1.165, 1.54) is 0 Å². The van der Waals surface area contributed by atoms with E-state index in [9.17, 15) is 0 Å². The number of halogens is 1. The van der Waals surface area contributed by atoms with Gasteiger partial charge in [-0.3, -0.25) is 0 Å². The number of furan rings is 1. The molecule has 19 heavy (non-hydrogen) atoms. The number of rotatable bonds is 5. The molecule has 0 fully saturated rings. The van der Waals surface area contributed by atoms with E-state index in [0.717, 1.165) is 34.2 Å². The summed E-state index contributed by atoms with van der Waals surface area (Å²) in [5.41, 5.74) is 0. The third-order valence-corrected chi connectivity index (χ3v) is 3.40. The SMILES string of the molecule is CCNc1ncnc(N(C)Cc2ccc(C)o2)c1Br. The zero-order valence-electron chi connectivity index (χ0n) is 11.3. The minimum Gasteiger partial charge on any atom is -0.464 e. The van der Waals surface area contributed by atoms with E-state index in [1.54, 1.807) is 6.33 Å². The summed E-state index contributed by atoms with van der Waals surface area (Å²) in [4.78, 5) is 10.5. The molecule has 0 saturated carbocycles. The summed E-state index contributed by atoms with van der Waals surface area (Å²) in [6.45, 7) is 5.45. The van der Waals surface area contributed by atoms with Gasteiger partial charge in [0.1, 0.15) is 34.0 Å². The van der Waals surface area contributed by atoms with Crippen LogP contribution in [0.5, 0.6) is 0 Å². The van der Waals surface area contributed by atoms with Crippen molar-refractivity contribution in [2.24, 2.45) is 0 Å². The molecule has 5 nitrogen and oxygen atoms in total. The molecular weight excluding hydrogens is 308 g/mol. The summed E-state index contributed by atoms with van der Waals surface area (Å²) in [5, 5.41) is 3.19. The average Bonchev–Trinajstić information content (AvgIpc) is 2.77. The number of hydrogen-bond acceptors (Lipinski definition) is 5. The Hall–Kier alpha value is -1.56. The van der Waals surface area contributed by atoms with Crippen molar-refractivity contribution in [3.8, 4) is 0 Å². The van der Waals surface area contributed by atoms with Crippen molar-refractivity contribution < 1.29 is 4.42 Å². The fourth-order valence-corrected chi connectivity index (χ4v) is 2.44. The van der Waals surface area contributed by atoms with Crippen molar-refractivity contribution in [2.45, 2.75) is 20.4 Å². The molecule has 1 N–H and O–H groups in total. The molecule has 0 saturated heterocycles. The normalized spacial score (nSPS) is 10.5. The van der Waals surface area contributed by atoms with Crippen LogP contribution in [-0.2, 0) is 6.54 Å². The second-order valence-corrected chi connectivity index (χ2v) is 5.05. The van der Waals surface area contributed by atoms with Crippen LogP contribution >= 0.6 is 15.9 Å². The Kier molecular flexibility index (Phi) is 4.42. The molecule has 2 aromatic rings. The number of nitrogens with zero attached hydrogens (tertiary/aromatic N) is 3. The van der Waals surface area contributed by atoms with E-state index in [0.29, 0.717) is 6.54 Å². The molecule has 0 spiro atoms. The number of anilines is 2. The Morgan fingerprint density at radius 1 is 1.37 bits per heavy atom. The quantitative estimate of drug-likeness (QED) is 0.915. The molecule has 0 aliphatic rings. The Balaban J connectivity index is 2.18. The Morgan fingerprint density at radius 3 is 2.79 bits per heavy atom. The van der Waals surface area contributed by atoms with Gasteiger partial charge in [0.25, 0.3) is 0 Å². The first kappa shape index (κ1) is 13.9. The molecule has 2 rings (SSSR count). The van der Waals surface area contributed by atoms with Crippen molar-refractivity contribution >= 4 is 27.6 Å². The average molecular weight is 325 g/mol. The third kappa shape index (κ3) is 3.26. The molecule has 6 heteroatoms. The van der Waals surface area contributed by atoms with Crippen molar-refractivity contribution in [1.82, 2.24) is 9.97 Å². The molecule has 0 aliphatic heterocycles. The molecule has 0 bridgehead atoms. The van der Waals surface area contributed by atoms with E-state index in [4.69, 9.17) is 4.42 Å². The Morgan fingerprint density at radius 2 is 2.16 bits per heavy atom. The first-order chi connectivity index (χ1) is 9.11. The van der Waals surface area contributed by atoms with Gasteiger partial charge in [0.2, 0.25) is 0 Å². The number of aryl methyl sites for hydroxylation is 1. The van der Waals surface area contributed by atoms with Crippen LogP contribution in [0.15, 0.2) is 27.3 Å². The van der Waals surface area contributed by atoms with E-state index in [1.807, 2.05) is 37.9 Å². The summed E-state index contributed by atoms with van der Waals surface area (Å²) < 4.78 is 6.44. The fraction of sp³-hybridized carbons (Fsp3) is 0.385. The predicted molar refractivity (Wildman–Crippen MR) is 79.4 cm³/mol. The molecule has 0 radical (unpaired) electrons. The van der Waals surface area contributed by atoms with Gasteiger partial charge >= 0.3 is 0 Å². The summed E-state index contributed by atoms with van der Waals surface area (Å²) in [7, 11) is 1.97. The van der Waals surface area contributed by atoms with Gasteiger partial charge in [-0.25, -0.2) is 9.97 Å². The minimum absolute atomic E-state index is 0.662. The second kappa shape index (κ2) is 6.06. The maximum absolute atomic E-state index is 5.58. The number of aromatic nitrogens is 2. The molecule has 2 aromatic heterocycles. The Bertz CT molecular complexity index is 555. The zero-order valence-corrected chi connectivity index (χ0v) is 12.9. The van der Waals surface area contributed by atoms with Gasteiger partial charge in [-0.2, -0.15) is 0 Å². The highest BCUT2D eigenvalue weighted by Gasteiger charge is 2.13. The highest BCUT2D eigenvalue weighted by atomic mass is 79.9. The van der Waals surface area contributed by atoms with Crippen LogP contribution in [0.4, 0.5) is 11.6 Å². The predicted octanol–water partition coefficient (Wildman–Crippen LogP) is 3.21. The van der Waals surface area contributed by atoms with Crippen LogP contribution in [0.3, 0.4) is 0 Å². The Labute approximate surface area is 121 Å². The van der Waals surface area contributed by atoms with Crippen LogP contribution in [0.1, 0.15) is 18.4 Å². The van der Waals surface area contributed by atoms with Crippen LogP contribution in [0, 0.1) is 6.92 Å². The zero-order chi connectivity index (χ0) is 13.8. The smallest absolute Gasteiger partial charge is 0.148 e. The van der Waals surface area contributed by atoms with E-state index in [-0.39, 0.29) is 0 Å². The van der Waals surface area contributed by atoms with Crippen LogP contribution in [-0.4, -0.2) is 23.6 Å². The van der Waals surface area contributed by atoms with Crippen LogP contribution in [0.2, 0.25) is 0 Å². The van der Waals surface area contributed by atoms with Crippen molar-refractivity contribution in [3.05, 3.63) is 34.5 Å². The highest BCUT2D eigenvalue weighted by Crippen LogP contribution is 2.29. The molecule has 2 heterocycles. The lowest BCUT2D eigenvalue weighted by Crippen LogP contribution is -2.18. The van der Waals surface area contributed by atoms with E-state index in [2.05, 4.69) is 31.2 Å². The molecule has 0 atom stereocenters. The summed E-state index contributed by atoms with van der Waals surface area (Å²) in [6, 6.07) is 3.94. The maximum atomic E-state index is 5.58. The van der Waals surface area contributed by atoms with Crippen LogP contribution < -0.4 is 10.2 Å². The second-order valence-electron chi connectivity index (χ2n) is 4.26. The van der Waals surface area contributed by atoms with Crippen molar-refractivity contribution in [1.29, 1.82) is 0 Å². The van der Waals surface area contributed by atoms with Gasteiger partial charge in [-0.05, 0) is 41.9 Å².